The first-order valence-corrected chi connectivity index (χ1v) is 8.00. The van der Waals surface area contributed by atoms with Crippen LogP contribution < -0.4 is 5.32 Å². The molecule has 20 heavy (non-hydrogen) atoms. The van der Waals surface area contributed by atoms with E-state index in [-0.39, 0.29) is 11.8 Å². The first-order valence-electron chi connectivity index (χ1n) is 8.00. The Hall–Kier alpha value is -1.06. The predicted octanol–water partition coefficient (Wildman–Crippen LogP) is 2.82. The average Bonchev–Trinajstić information content (AvgIpc) is 3.21. The van der Waals surface area contributed by atoms with Crippen molar-refractivity contribution >= 4 is 11.9 Å². The molecule has 0 radical (unpaired) electrons. The van der Waals surface area contributed by atoms with Gasteiger partial charge in [0.1, 0.15) is 6.04 Å². The molecule has 2 N–H and O–H groups in total. The van der Waals surface area contributed by atoms with Gasteiger partial charge in [-0.3, -0.25) is 4.79 Å². The van der Waals surface area contributed by atoms with Crippen molar-refractivity contribution < 1.29 is 14.7 Å². The highest BCUT2D eigenvalue weighted by atomic mass is 16.4. The van der Waals surface area contributed by atoms with Crippen molar-refractivity contribution in [2.45, 2.75) is 64.8 Å². The molecule has 2 aliphatic rings. The molecular formula is C16H27NO3. The molecule has 0 spiro atoms. The van der Waals surface area contributed by atoms with Gasteiger partial charge in [-0.25, -0.2) is 4.79 Å². The minimum atomic E-state index is -0.888. The van der Waals surface area contributed by atoms with Crippen molar-refractivity contribution in [1.29, 1.82) is 0 Å². The van der Waals surface area contributed by atoms with Crippen molar-refractivity contribution in [2.75, 3.05) is 0 Å². The molecule has 0 aliphatic heterocycles. The Morgan fingerprint density at radius 2 is 1.70 bits per heavy atom. The quantitative estimate of drug-likeness (QED) is 0.786. The van der Waals surface area contributed by atoms with Crippen LogP contribution in [-0.2, 0) is 9.59 Å². The molecule has 0 heterocycles. The van der Waals surface area contributed by atoms with Gasteiger partial charge in [0.2, 0.25) is 5.91 Å². The van der Waals surface area contributed by atoms with Crippen LogP contribution in [-0.4, -0.2) is 23.0 Å². The number of amides is 1. The van der Waals surface area contributed by atoms with Gasteiger partial charge in [-0.1, -0.05) is 26.7 Å². The molecule has 0 saturated heterocycles. The zero-order valence-corrected chi connectivity index (χ0v) is 12.6. The second kappa shape index (κ2) is 6.59. The SMILES string of the molecule is CC(C)C1CCC(C(=O)NC(CC2CC2)C(=O)O)CC1. The van der Waals surface area contributed by atoms with Gasteiger partial charge in [-0.05, 0) is 49.9 Å². The van der Waals surface area contributed by atoms with Crippen LogP contribution in [0.5, 0.6) is 0 Å². The molecule has 4 heteroatoms. The Morgan fingerprint density at radius 3 is 2.15 bits per heavy atom. The number of rotatable bonds is 6. The topological polar surface area (TPSA) is 66.4 Å². The third-order valence-corrected chi connectivity index (χ3v) is 4.97. The largest absolute Gasteiger partial charge is 0.480 e. The Labute approximate surface area is 121 Å². The number of hydrogen-bond acceptors (Lipinski definition) is 2. The highest BCUT2D eigenvalue weighted by Gasteiger charge is 2.33. The maximum Gasteiger partial charge on any atom is 0.326 e. The molecule has 0 aromatic rings. The number of carbonyl (C=O) groups is 2. The molecule has 0 bridgehead atoms. The summed E-state index contributed by atoms with van der Waals surface area (Å²) in [6.07, 6.45) is 6.82. The lowest BCUT2D eigenvalue weighted by molar-refractivity contribution is -0.143. The van der Waals surface area contributed by atoms with Crippen molar-refractivity contribution in [1.82, 2.24) is 5.32 Å². The third kappa shape index (κ3) is 4.22. The Bertz CT molecular complexity index is 355. The van der Waals surface area contributed by atoms with E-state index in [4.69, 9.17) is 0 Å². The van der Waals surface area contributed by atoms with Crippen LogP contribution in [0.2, 0.25) is 0 Å². The van der Waals surface area contributed by atoms with Crippen LogP contribution in [0.1, 0.15) is 58.8 Å². The van der Waals surface area contributed by atoms with E-state index in [0.717, 1.165) is 44.4 Å². The summed E-state index contributed by atoms with van der Waals surface area (Å²) >= 11 is 0. The highest BCUT2D eigenvalue weighted by molar-refractivity contribution is 5.85. The Kier molecular flexibility index (Phi) is 5.06. The van der Waals surface area contributed by atoms with Gasteiger partial charge in [0.25, 0.3) is 0 Å². The molecule has 2 aliphatic carbocycles. The van der Waals surface area contributed by atoms with Crippen LogP contribution in [0.25, 0.3) is 0 Å². The van der Waals surface area contributed by atoms with E-state index in [1.165, 1.54) is 0 Å². The molecule has 1 atom stereocenters. The minimum Gasteiger partial charge on any atom is -0.480 e. The van der Waals surface area contributed by atoms with Crippen molar-refractivity contribution in [3.63, 3.8) is 0 Å². The van der Waals surface area contributed by atoms with Gasteiger partial charge in [-0.15, -0.1) is 0 Å². The van der Waals surface area contributed by atoms with Gasteiger partial charge in [0, 0.05) is 5.92 Å². The minimum absolute atomic E-state index is 0.0195. The van der Waals surface area contributed by atoms with E-state index in [2.05, 4.69) is 19.2 Å². The smallest absolute Gasteiger partial charge is 0.326 e. The molecule has 114 valence electrons. The summed E-state index contributed by atoms with van der Waals surface area (Å²) in [5.74, 6) is 1.00. The van der Waals surface area contributed by atoms with Gasteiger partial charge < -0.3 is 10.4 Å². The van der Waals surface area contributed by atoms with Crippen LogP contribution in [0.3, 0.4) is 0 Å². The zero-order chi connectivity index (χ0) is 14.7. The predicted molar refractivity (Wildman–Crippen MR) is 77.2 cm³/mol. The third-order valence-electron chi connectivity index (χ3n) is 4.97. The normalized spacial score (nSPS) is 28.1. The molecule has 2 rings (SSSR count). The van der Waals surface area contributed by atoms with E-state index >= 15 is 0 Å². The second-order valence-corrected chi connectivity index (χ2v) is 6.93. The Balaban J connectivity index is 1.80. The summed E-state index contributed by atoms with van der Waals surface area (Å²) < 4.78 is 0. The van der Waals surface area contributed by atoms with E-state index < -0.39 is 12.0 Å². The maximum absolute atomic E-state index is 12.2. The van der Waals surface area contributed by atoms with E-state index in [0.29, 0.717) is 18.3 Å². The van der Waals surface area contributed by atoms with Crippen LogP contribution >= 0.6 is 0 Å². The molecule has 0 aromatic heterocycles. The average molecular weight is 281 g/mol. The number of carboxylic acid groups (broad SMARTS) is 1. The molecule has 2 saturated carbocycles. The molecule has 0 aromatic carbocycles. The molecule has 2 fully saturated rings. The summed E-state index contributed by atoms with van der Waals surface area (Å²) in [4.78, 5) is 23.4. The number of aliphatic carboxylic acids is 1. The van der Waals surface area contributed by atoms with Crippen LogP contribution in [0.15, 0.2) is 0 Å². The fourth-order valence-corrected chi connectivity index (χ4v) is 3.25. The van der Waals surface area contributed by atoms with Crippen molar-refractivity contribution in [3.8, 4) is 0 Å². The number of carbonyl (C=O) groups excluding carboxylic acids is 1. The van der Waals surface area contributed by atoms with Gasteiger partial charge >= 0.3 is 5.97 Å². The molecule has 4 nitrogen and oxygen atoms in total. The van der Waals surface area contributed by atoms with Gasteiger partial charge in [0.15, 0.2) is 0 Å². The zero-order valence-electron chi connectivity index (χ0n) is 12.6. The lowest BCUT2D eigenvalue weighted by Crippen LogP contribution is -2.44. The first-order chi connectivity index (χ1) is 9.47. The Morgan fingerprint density at radius 1 is 1.10 bits per heavy atom. The van der Waals surface area contributed by atoms with Gasteiger partial charge in [-0.2, -0.15) is 0 Å². The van der Waals surface area contributed by atoms with Crippen LogP contribution in [0, 0.1) is 23.7 Å². The highest BCUT2D eigenvalue weighted by Crippen LogP contribution is 2.35. The van der Waals surface area contributed by atoms with Gasteiger partial charge in [0.05, 0.1) is 0 Å². The first kappa shape index (κ1) is 15.3. The summed E-state index contributed by atoms with van der Waals surface area (Å²) in [6, 6.07) is -0.683. The van der Waals surface area contributed by atoms with E-state index in [1.54, 1.807) is 0 Å². The number of hydrogen-bond donors (Lipinski definition) is 2. The molecular weight excluding hydrogens is 254 g/mol. The number of nitrogens with one attached hydrogen (secondary N) is 1. The van der Waals surface area contributed by atoms with Crippen molar-refractivity contribution in [3.05, 3.63) is 0 Å². The molecule has 1 amide bonds. The summed E-state index contributed by atoms with van der Waals surface area (Å²) in [7, 11) is 0. The van der Waals surface area contributed by atoms with E-state index in [1.807, 2.05) is 0 Å². The maximum atomic E-state index is 12.2. The fraction of sp³-hybridized carbons (Fsp3) is 0.875. The van der Waals surface area contributed by atoms with Crippen LogP contribution in [0.4, 0.5) is 0 Å². The summed E-state index contributed by atoms with van der Waals surface area (Å²) in [5.41, 5.74) is 0. The molecule has 1 unspecified atom stereocenters. The second-order valence-electron chi connectivity index (χ2n) is 6.93. The monoisotopic (exact) mass is 281 g/mol. The summed E-state index contributed by atoms with van der Waals surface area (Å²) in [5, 5.41) is 12.0. The fourth-order valence-electron chi connectivity index (χ4n) is 3.25. The van der Waals surface area contributed by atoms with E-state index in [9.17, 15) is 14.7 Å². The summed E-state index contributed by atoms with van der Waals surface area (Å²) in [6.45, 7) is 4.47. The standard InChI is InChI=1S/C16H27NO3/c1-10(2)12-5-7-13(8-6-12)15(18)17-14(16(19)20)9-11-3-4-11/h10-14H,3-9H2,1-2H3,(H,17,18)(H,19,20). The van der Waals surface area contributed by atoms with Crippen molar-refractivity contribution in [2.24, 2.45) is 23.7 Å². The lowest BCUT2D eigenvalue weighted by atomic mass is 9.76. The lowest BCUT2D eigenvalue weighted by Gasteiger charge is -2.30. The number of carboxylic acids is 1.